The topological polar surface area (TPSA) is 115 Å². The molecular formula is C25H29N5O4S. The molecule has 1 unspecified atom stereocenters. The van der Waals surface area contributed by atoms with Crippen LogP contribution in [0.4, 0.5) is 11.4 Å². The fraction of sp³-hybridized carbons (Fsp3) is 0.440. The minimum Gasteiger partial charge on any atom is -0.383 e. The molecule has 10 heteroatoms. The van der Waals surface area contributed by atoms with E-state index in [4.69, 9.17) is 4.74 Å². The summed E-state index contributed by atoms with van der Waals surface area (Å²) in [4.78, 5) is 14.9. The summed E-state index contributed by atoms with van der Waals surface area (Å²) in [5, 5.41) is 15.9. The number of nitrogens with zero attached hydrogens (tertiary/aromatic N) is 3. The van der Waals surface area contributed by atoms with Crippen molar-refractivity contribution >= 4 is 27.3 Å². The van der Waals surface area contributed by atoms with Gasteiger partial charge in [-0.25, -0.2) is 8.42 Å². The van der Waals surface area contributed by atoms with Gasteiger partial charge in [-0.2, -0.15) is 5.26 Å². The van der Waals surface area contributed by atoms with Crippen LogP contribution in [0.2, 0.25) is 0 Å². The molecule has 1 amide bonds. The molecule has 2 aromatic carbocycles. The molecule has 0 radical (unpaired) electrons. The number of benzene rings is 2. The van der Waals surface area contributed by atoms with Crippen LogP contribution in [-0.4, -0.2) is 71.7 Å². The third-order valence-corrected chi connectivity index (χ3v) is 8.85. The second-order valence-corrected chi connectivity index (χ2v) is 11.0. The number of hydrogen-bond donors (Lipinski definition) is 2. The van der Waals surface area contributed by atoms with E-state index in [0.717, 1.165) is 44.1 Å². The predicted molar refractivity (Wildman–Crippen MR) is 132 cm³/mol. The van der Waals surface area contributed by atoms with Crippen LogP contribution in [0.25, 0.3) is 0 Å². The first-order valence-corrected chi connectivity index (χ1v) is 13.4. The lowest BCUT2D eigenvalue weighted by atomic mass is 9.92. The molecule has 1 atom stereocenters. The van der Waals surface area contributed by atoms with Crippen LogP contribution in [0.15, 0.2) is 35.2 Å². The Morgan fingerprint density at radius 2 is 2.03 bits per heavy atom. The molecule has 0 aliphatic carbocycles. The largest absolute Gasteiger partial charge is 0.383 e. The smallest absolute Gasteiger partial charge is 0.264 e. The highest BCUT2D eigenvalue weighted by atomic mass is 32.2. The van der Waals surface area contributed by atoms with E-state index in [9.17, 15) is 18.5 Å². The Bertz CT molecular complexity index is 1300. The van der Waals surface area contributed by atoms with Crippen molar-refractivity contribution in [1.82, 2.24) is 10.2 Å². The first-order valence-electron chi connectivity index (χ1n) is 11.9. The Balaban J connectivity index is 1.46. The van der Waals surface area contributed by atoms with Gasteiger partial charge in [0.25, 0.3) is 15.9 Å². The van der Waals surface area contributed by atoms with E-state index in [0.29, 0.717) is 41.9 Å². The Morgan fingerprint density at radius 3 is 2.80 bits per heavy atom. The van der Waals surface area contributed by atoms with Crippen molar-refractivity contribution in [3.63, 3.8) is 0 Å². The van der Waals surface area contributed by atoms with Crippen molar-refractivity contribution in [3.05, 3.63) is 52.6 Å². The minimum atomic E-state index is -3.94. The number of carbonyl (C=O) groups excluding carboxylic acids is 1. The number of nitriles is 1. The van der Waals surface area contributed by atoms with Crippen LogP contribution in [-0.2, 0) is 21.2 Å². The highest BCUT2D eigenvalue weighted by Gasteiger charge is 2.37. The number of rotatable bonds is 6. The molecule has 184 valence electrons. The summed E-state index contributed by atoms with van der Waals surface area (Å²) in [5.41, 5.74) is 3.59. The van der Waals surface area contributed by atoms with Gasteiger partial charge in [-0.05, 0) is 36.2 Å². The second-order valence-electron chi connectivity index (χ2n) is 9.17. The first kappa shape index (κ1) is 23.6. The molecule has 0 aromatic heterocycles. The summed E-state index contributed by atoms with van der Waals surface area (Å²) in [6, 6.07) is 10.5. The number of fused-ring (bicyclic) bond motifs is 2. The third kappa shape index (κ3) is 4.35. The number of nitrogens with one attached hydrogen (secondary N) is 2. The van der Waals surface area contributed by atoms with Crippen molar-refractivity contribution in [2.45, 2.75) is 24.2 Å². The van der Waals surface area contributed by atoms with Crippen molar-refractivity contribution in [2.24, 2.45) is 0 Å². The number of morpholine rings is 1. The summed E-state index contributed by atoms with van der Waals surface area (Å²) in [6.45, 7) is 7.37. The standard InChI is InChI=1S/C25H29N5O4S/c1-17-16-28-25(31)20-3-2-4-23(24(17)20)35(32,33)30-7-5-19-21(13-18(15-26)14-22(19)30)27-6-8-29-9-11-34-12-10-29/h2-4,13-14,17,27H,5-12,16H2,1H3,(H,28,31). The lowest BCUT2D eigenvalue weighted by molar-refractivity contribution is 0.0398. The number of anilines is 2. The van der Waals surface area contributed by atoms with Crippen molar-refractivity contribution < 1.29 is 17.9 Å². The van der Waals surface area contributed by atoms with Gasteiger partial charge in [0.15, 0.2) is 0 Å². The quantitative estimate of drug-likeness (QED) is 0.629. The van der Waals surface area contributed by atoms with Gasteiger partial charge in [0.1, 0.15) is 0 Å². The van der Waals surface area contributed by atoms with Crippen molar-refractivity contribution in [2.75, 3.05) is 62.1 Å². The molecule has 35 heavy (non-hydrogen) atoms. The molecule has 1 saturated heterocycles. The second kappa shape index (κ2) is 9.49. The zero-order valence-electron chi connectivity index (χ0n) is 19.7. The molecule has 0 spiro atoms. The maximum Gasteiger partial charge on any atom is 0.264 e. The van der Waals surface area contributed by atoms with Crippen LogP contribution in [0, 0.1) is 11.3 Å². The number of amides is 1. The Kier molecular flexibility index (Phi) is 6.40. The Morgan fingerprint density at radius 1 is 1.23 bits per heavy atom. The van der Waals surface area contributed by atoms with E-state index in [1.807, 2.05) is 6.92 Å². The van der Waals surface area contributed by atoms with Crippen molar-refractivity contribution in [1.29, 1.82) is 5.26 Å². The maximum atomic E-state index is 13.9. The maximum absolute atomic E-state index is 13.9. The molecule has 1 fully saturated rings. The van der Waals surface area contributed by atoms with Crippen molar-refractivity contribution in [3.8, 4) is 6.07 Å². The molecule has 9 nitrogen and oxygen atoms in total. The zero-order chi connectivity index (χ0) is 24.6. The molecule has 5 rings (SSSR count). The monoisotopic (exact) mass is 495 g/mol. The van der Waals surface area contributed by atoms with Gasteiger partial charge in [-0.1, -0.05) is 13.0 Å². The molecule has 2 aromatic rings. The van der Waals surface area contributed by atoms with Gasteiger partial charge in [-0.3, -0.25) is 14.0 Å². The van der Waals surface area contributed by atoms with Gasteiger partial charge in [0, 0.05) is 62.0 Å². The Labute approximate surface area is 205 Å². The number of ether oxygens (including phenoxy) is 1. The minimum absolute atomic E-state index is 0.126. The van der Waals surface area contributed by atoms with E-state index >= 15 is 0 Å². The van der Waals surface area contributed by atoms with E-state index in [-0.39, 0.29) is 23.3 Å². The SMILES string of the molecule is CC1CNC(=O)c2cccc(S(=O)(=O)N3CCc4c(NCCN5CCOCC5)cc(C#N)cc43)c21. The van der Waals surface area contributed by atoms with Crippen LogP contribution in [0.3, 0.4) is 0 Å². The van der Waals surface area contributed by atoms with E-state index in [1.165, 1.54) is 4.31 Å². The number of hydrogen-bond acceptors (Lipinski definition) is 7. The van der Waals surface area contributed by atoms with Crippen LogP contribution >= 0.6 is 0 Å². The van der Waals surface area contributed by atoms with Gasteiger partial charge in [0.2, 0.25) is 0 Å². The number of sulfonamides is 1. The molecule has 0 bridgehead atoms. The fourth-order valence-electron chi connectivity index (χ4n) is 5.16. The summed E-state index contributed by atoms with van der Waals surface area (Å²) in [6.07, 6.45) is 0.547. The third-order valence-electron chi connectivity index (χ3n) is 6.98. The molecule has 0 saturated carbocycles. The molecule has 3 aliphatic heterocycles. The summed E-state index contributed by atoms with van der Waals surface area (Å²) in [5.74, 6) is -0.380. The highest BCUT2D eigenvalue weighted by Crippen LogP contribution is 2.40. The highest BCUT2D eigenvalue weighted by molar-refractivity contribution is 7.93. The normalized spacial score (nSPS) is 20.1. The summed E-state index contributed by atoms with van der Waals surface area (Å²) in [7, 11) is -3.94. The molecule has 3 heterocycles. The lowest BCUT2D eigenvalue weighted by Gasteiger charge is -2.28. The van der Waals surface area contributed by atoms with E-state index in [2.05, 4.69) is 21.6 Å². The van der Waals surface area contributed by atoms with Gasteiger partial charge >= 0.3 is 0 Å². The fourth-order valence-corrected chi connectivity index (χ4v) is 6.99. The van der Waals surface area contributed by atoms with E-state index in [1.54, 1.807) is 30.3 Å². The van der Waals surface area contributed by atoms with Gasteiger partial charge < -0.3 is 15.4 Å². The summed E-state index contributed by atoms with van der Waals surface area (Å²) < 4.78 is 34.6. The molecule has 3 aliphatic rings. The summed E-state index contributed by atoms with van der Waals surface area (Å²) >= 11 is 0. The first-order chi connectivity index (χ1) is 16.9. The van der Waals surface area contributed by atoms with Crippen LogP contribution in [0.5, 0.6) is 0 Å². The average Bonchev–Trinajstić information content (AvgIpc) is 3.32. The predicted octanol–water partition coefficient (Wildman–Crippen LogP) is 1.90. The lowest BCUT2D eigenvalue weighted by Crippen LogP contribution is -2.39. The zero-order valence-corrected chi connectivity index (χ0v) is 20.5. The molecule has 2 N–H and O–H groups in total. The van der Waals surface area contributed by atoms with Crippen LogP contribution < -0.4 is 14.9 Å². The molecular weight excluding hydrogens is 466 g/mol. The van der Waals surface area contributed by atoms with Crippen LogP contribution in [0.1, 0.15) is 39.9 Å². The van der Waals surface area contributed by atoms with Gasteiger partial charge in [0.05, 0.1) is 35.4 Å². The number of carbonyl (C=O) groups is 1. The average molecular weight is 496 g/mol. The Hall–Kier alpha value is -3.13. The van der Waals surface area contributed by atoms with Gasteiger partial charge in [-0.15, -0.1) is 0 Å². The van der Waals surface area contributed by atoms with E-state index < -0.39 is 10.0 Å².